The molecule has 0 saturated carbocycles. The number of nitrogens with zero attached hydrogens (tertiary/aromatic N) is 1. The number of carbonyl (C=O) groups excluding carboxylic acids is 2. The van der Waals surface area contributed by atoms with Crippen LogP contribution in [0.5, 0.6) is 0 Å². The normalized spacial score (nSPS) is 18.9. The second kappa shape index (κ2) is 9.02. The van der Waals surface area contributed by atoms with Gasteiger partial charge in [-0.2, -0.15) is 0 Å². The molecule has 2 amide bonds. The SMILES string of the molecule is COCCNC(=O)[C@H]1CN(C(=O)c2ccccc2C)C[C@H]1c1ccccc1C. The number of ether oxygens (including phenoxy) is 1. The average molecular weight is 380 g/mol. The Bertz CT molecular complexity index is 849. The van der Waals surface area contributed by atoms with Crippen LogP contribution < -0.4 is 5.32 Å². The van der Waals surface area contributed by atoms with Gasteiger partial charge in [0.05, 0.1) is 12.5 Å². The van der Waals surface area contributed by atoms with Crippen molar-refractivity contribution in [1.82, 2.24) is 10.2 Å². The van der Waals surface area contributed by atoms with E-state index in [-0.39, 0.29) is 23.7 Å². The molecule has 0 spiro atoms. The fourth-order valence-electron chi connectivity index (χ4n) is 3.94. The van der Waals surface area contributed by atoms with Crippen LogP contribution in [0, 0.1) is 19.8 Å². The lowest BCUT2D eigenvalue weighted by atomic mass is 9.86. The molecule has 0 aromatic heterocycles. The summed E-state index contributed by atoms with van der Waals surface area (Å²) in [5.74, 6) is -0.322. The lowest BCUT2D eigenvalue weighted by Gasteiger charge is -2.20. The number of rotatable bonds is 6. The van der Waals surface area contributed by atoms with Gasteiger partial charge in [-0.25, -0.2) is 0 Å². The second-order valence-electron chi connectivity index (χ2n) is 7.38. The summed E-state index contributed by atoms with van der Waals surface area (Å²) in [5.41, 5.74) is 3.93. The Labute approximate surface area is 166 Å². The average Bonchev–Trinajstić information content (AvgIpc) is 3.13. The van der Waals surface area contributed by atoms with Gasteiger partial charge in [-0.1, -0.05) is 42.5 Å². The molecule has 0 bridgehead atoms. The fraction of sp³-hybridized carbons (Fsp3) is 0.391. The van der Waals surface area contributed by atoms with Gasteiger partial charge in [-0.05, 0) is 36.6 Å². The van der Waals surface area contributed by atoms with Crippen LogP contribution in [0.3, 0.4) is 0 Å². The van der Waals surface area contributed by atoms with Gasteiger partial charge in [0.1, 0.15) is 0 Å². The Morgan fingerprint density at radius 1 is 1.04 bits per heavy atom. The summed E-state index contributed by atoms with van der Waals surface area (Å²) in [6.07, 6.45) is 0. The van der Waals surface area contributed by atoms with Gasteiger partial charge in [0.2, 0.25) is 5.91 Å². The second-order valence-corrected chi connectivity index (χ2v) is 7.38. The number of hydrogen-bond donors (Lipinski definition) is 1. The van der Waals surface area contributed by atoms with Crippen LogP contribution in [0.2, 0.25) is 0 Å². The Morgan fingerprint density at radius 3 is 2.39 bits per heavy atom. The predicted molar refractivity (Wildman–Crippen MR) is 109 cm³/mol. The lowest BCUT2D eigenvalue weighted by molar-refractivity contribution is -0.125. The fourth-order valence-corrected chi connectivity index (χ4v) is 3.94. The maximum absolute atomic E-state index is 13.1. The smallest absolute Gasteiger partial charge is 0.254 e. The van der Waals surface area contributed by atoms with E-state index in [9.17, 15) is 9.59 Å². The summed E-state index contributed by atoms with van der Waals surface area (Å²) in [5, 5.41) is 2.95. The van der Waals surface area contributed by atoms with Crippen LogP contribution >= 0.6 is 0 Å². The summed E-state index contributed by atoms with van der Waals surface area (Å²) in [4.78, 5) is 27.8. The van der Waals surface area contributed by atoms with Gasteiger partial charge in [0, 0.05) is 38.2 Å². The molecule has 3 rings (SSSR count). The molecule has 0 aliphatic carbocycles. The monoisotopic (exact) mass is 380 g/mol. The molecule has 2 aromatic rings. The maximum Gasteiger partial charge on any atom is 0.254 e. The van der Waals surface area contributed by atoms with E-state index in [1.807, 2.05) is 48.2 Å². The molecule has 5 nitrogen and oxygen atoms in total. The molecule has 1 aliphatic rings. The maximum atomic E-state index is 13.1. The highest BCUT2D eigenvalue weighted by molar-refractivity contribution is 5.96. The van der Waals surface area contributed by atoms with Gasteiger partial charge in [0.15, 0.2) is 0 Å². The predicted octanol–water partition coefficient (Wildman–Crippen LogP) is 2.92. The zero-order valence-corrected chi connectivity index (χ0v) is 16.8. The first-order valence-corrected chi connectivity index (χ1v) is 9.70. The summed E-state index contributed by atoms with van der Waals surface area (Å²) in [7, 11) is 1.61. The van der Waals surface area contributed by atoms with E-state index in [4.69, 9.17) is 4.74 Å². The lowest BCUT2D eigenvalue weighted by Crippen LogP contribution is -2.37. The van der Waals surface area contributed by atoms with Crippen molar-refractivity contribution in [3.63, 3.8) is 0 Å². The largest absolute Gasteiger partial charge is 0.383 e. The zero-order valence-electron chi connectivity index (χ0n) is 16.8. The molecular formula is C23H28N2O3. The van der Waals surface area contributed by atoms with Gasteiger partial charge >= 0.3 is 0 Å². The first kappa shape index (κ1) is 20.1. The first-order valence-electron chi connectivity index (χ1n) is 9.70. The quantitative estimate of drug-likeness (QED) is 0.784. The Morgan fingerprint density at radius 2 is 1.71 bits per heavy atom. The number of likely N-dealkylation sites (tertiary alicyclic amines) is 1. The molecule has 0 radical (unpaired) electrons. The molecule has 2 aromatic carbocycles. The molecular weight excluding hydrogens is 352 g/mol. The van der Waals surface area contributed by atoms with Crippen molar-refractivity contribution < 1.29 is 14.3 Å². The van der Waals surface area contributed by atoms with Gasteiger partial charge < -0.3 is 15.0 Å². The first-order chi connectivity index (χ1) is 13.5. The molecule has 1 fully saturated rings. The van der Waals surface area contributed by atoms with Crippen molar-refractivity contribution in [2.75, 3.05) is 33.4 Å². The van der Waals surface area contributed by atoms with E-state index in [1.54, 1.807) is 7.11 Å². The van der Waals surface area contributed by atoms with Crippen molar-refractivity contribution >= 4 is 11.8 Å². The minimum absolute atomic E-state index is 0.0103. The highest BCUT2D eigenvalue weighted by Crippen LogP contribution is 2.35. The Kier molecular flexibility index (Phi) is 6.47. The number of benzene rings is 2. The van der Waals surface area contributed by atoms with Crippen molar-refractivity contribution in [3.8, 4) is 0 Å². The number of methoxy groups -OCH3 is 1. The highest BCUT2D eigenvalue weighted by Gasteiger charge is 2.41. The highest BCUT2D eigenvalue weighted by atomic mass is 16.5. The van der Waals surface area contributed by atoms with E-state index in [0.717, 1.165) is 16.7 Å². The molecule has 148 valence electrons. The van der Waals surface area contributed by atoms with Gasteiger partial charge in [0.25, 0.3) is 5.91 Å². The summed E-state index contributed by atoms with van der Waals surface area (Å²) < 4.78 is 5.04. The molecule has 1 saturated heterocycles. The van der Waals surface area contributed by atoms with E-state index < -0.39 is 0 Å². The third-order valence-corrected chi connectivity index (χ3v) is 5.51. The van der Waals surface area contributed by atoms with Crippen molar-refractivity contribution in [2.45, 2.75) is 19.8 Å². The molecule has 2 atom stereocenters. The third kappa shape index (κ3) is 4.25. The Hall–Kier alpha value is -2.66. The molecule has 1 heterocycles. The number of carbonyl (C=O) groups is 2. The number of nitrogens with one attached hydrogen (secondary N) is 1. The summed E-state index contributed by atoms with van der Waals surface area (Å²) in [6, 6.07) is 15.7. The van der Waals surface area contributed by atoms with Crippen LogP contribution in [-0.4, -0.2) is 50.1 Å². The topological polar surface area (TPSA) is 58.6 Å². The van der Waals surface area contributed by atoms with Crippen LogP contribution in [0.25, 0.3) is 0 Å². The number of amides is 2. The van der Waals surface area contributed by atoms with Gasteiger partial charge in [-0.15, -0.1) is 0 Å². The van der Waals surface area contributed by atoms with Crippen LogP contribution in [0.15, 0.2) is 48.5 Å². The summed E-state index contributed by atoms with van der Waals surface area (Å²) in [6.45, 7) is 5.90. The van der Waals surface area contributed by atoms with E-state index in [1.165, 1.54) is 0 Å². The standard InChI is InChI=1S/C23H28N2O3/c1-16-8-4-6-10-18(16)20-14-25(15-21(20)22(26)24-12-13-28-3)23(27)19-11-7-5-9-17(19)2/h4-11,20-21H,12-15H2,1-3H3,(H,24,26)/t20-,21-/m0/s1. The molecule has 28 heavy (non-hydrogen) atoms. The van der Waals surface area contributed by atoms with E-state index in [0.29, 0.717) is 31.8 Å². The van der Waals surface area contributed by atoms with Crippen molar-refractivity contribution in [2.24, 2.45) is 5.92 Å². The van der Waals surface area contributed by atoms with E-state index >= 15 is 0 Å². The molecule has 1 aliphatic heterocycles. The minimum atomic E-state index is -0.272. The van der Waals surface area contributed by atoms with Crippen molar-refractivity contribution in [3.05, 3.63) is 70.8 Å². The van der Waals surface area contributed by atoms with E-state index in [2.05, 4.69) is 24.4 Å². The van der Waals surface area contributed by atoms with Crippen molar-refractivity contribution in [1.29, 1.82) is 0 Å². The van der Waals surface area contributed by atoms with Gasteiger partial charge in [-0.3, -0.25) is 9.59 Å². The zero-order chi connectivity index (χ0) is 20.1. The molecule has 0 unspecified atom stereocenters. The number of hydrogen-bond acceptors (Lipinski definition) is 3. The number of aryl methyl sites for hydroxylation is 2. The third-order valence-electron chi connectivity index (χ3n) is 5.51. The van der Waals surface area contributed by atoms with Crippen LogP contribution in [-0.2, 0) is 9.53 Å². The Balaban J connectivity index is 1.86. The molecule has 5 heteroatoms. The summed E-state index contributed by atoms with van der Waals surface area (Å²) >= 11 is 0. The van der Waals surface area contributed by atoms with Crippen LogP contribution in [0.4, 0.5) is 0 Å². The minimum Gasteiger partial charge on any atom is -0.383 e. The molecule has 1 N–H and O–H groups in total. The van der Waals surface area contributed by atoms with Crippen LogP contribution in [0.1, 0.15) is 33.0 Å².